The van der Waals surface area contributed by atoms with E-state index in [4.69, 9.17) is 33.4 Å². The molecule has 0 aliphatic rings. The van der Waals surface area contributed by atoms with E-state index in [1.54, 1.807) is 12.1 Å². The first-order valence-corrected chi connectivity index (χ1v) is 6.21. The molecule has 2 N–H and O–H groups in total. The van der Waals surface area contributed by atoms with Gasteiger partial charge in [0.15, 0.2) is 0 Å². The van der Waals surface area contributed by atoms with Crippen LogP contribution in [0.3, 0.4) is 0 Å². The molecule has 0 aliphatic heterocycles. The maximum absolute atomic E-state index is 11.0. The zero-order chi connectivity index (χ0) is 14.9. The maximum Gasteiger partial charge on any atom is 0.337 e. The lowest BCUT2D eigenvalue weighted by Crippen LogP contribution is -1.99. The van der Waals surface area contributed by atoms with E-state index in [-0.39, 0.29) is 21.2 Å². The summed E-state index contributed by atoms with van der Waals surface area (Å²) in [7, 11) is 0. The number of benzene rings is 2. The number of carboxylic acid groups (broad SMARTS) is 2. The van der Waals surface area contributed by atoms with E-state index in [2.05, 4.69) is 0 Å². The molecule has 0 unspecified atom stereocenters. The highest BCUT2D eigenvalue weighted by Gasteiger charge is 2.12. The van der Waals surface area contributed by atoms with E-state index in [1.165, 1.54) is 24.3 Å². The lowest BCUT2D eigenvalue weighted by atomic mass is 10.0. The Kier molecular flexibility index (Phi) is 3.97. The molecule has 0 saturated heterocycles. The van der Waals surface area contributed by atoms with E-state index in [0.29, 0.717) is 11.1 Å². The van der Waals surface area contributed by atoms with Crippen molar-refractivity contribution in [1.29, 1.82) is 0 Å². The van der Waals surface area contributed by atoms with Crippen molar-refractivity contribution < 1.29 is 19.8 Å². The third-order valence-corrected chi connectivity index (χ3v) is 3.22. The van der Waals surface area contributed by atoms with Crippen LogP contribution < -0.4 is 0 Å². The number of hydrogen-bond acceptors (Lipinski definition) is 2. The first-order chi connectivity index (χ1) is 9.38. The van der Waals surface area contributed by atoms with Crippen molar-refractivity contribution in [3.63, 3.8) is 0 Å². The molecule has 0 aliphatic carbocycles. The smallest absolute Gasteiger partial charge is 0.337 e. The van der Waals surface area contributed by atoms with Crippen LogP contribution in [0.15, 0.2) is 36.4 Å². The molecule has 2 aromatic rings. The van der Waals surface area contributed by atoms with Gasteiger partial charge in [-0.05, 0) is 41.5 Å². The maximum atomic E-state index is 11.0. The fourth-order valence-electron chi connectivity index (χ4n) is 1.75. The molecule has 0 radical (unpaired) electrons. The van der Waals surface area contributed by atoms with Crippen molar-refractivity contribution in [2.24, 2.45) is 0 Å². The van der Waals surface area contributed by atoms with Crippen molar-refractivity contribution in [1.82, 2.24) is 0 Å². The molecule has 102 valence electrons. The van der Waals surface area contributed by atoms with Gasteiger partial charge >= 0.3 is 11.9 Å². The predicted molar refractivity (Wildman–Crippen MR) is 75.8 cm³/mol. The standard InChI is InChI=1S/C14H8Cl2O4/c15-10-4-8(3-9(5-10)13(17)18)7-1-2-12(16)11(6-7)14(19)20/h1-6H,(H,17,18)(H,19,20). The van der Waals surface area contributed by atoms with Gasteiger partial charge in [-0.15, -0.1) is 0 Å². The van der Waals surface area contributed by atoms with Crippen LogP contribution in [0, 0.1) is 0 Å². The second-order valence-electron chi connectivity index (χ2n) is 4.03. The molecule has 20 heavy (non-hydrogen) atoms. The van der Waals surface area contributed by atoms with Gasteiger partial charge < -0.3 is 10.2 Å². The van der Waals surface area contributed by atoms with Crippen LogP contribution >= 0.6 is 23.2 Å². The van der Waals surface area contributed by atoms with Crippen molar-refractivity contribution >= 4 is 35.1 Å². The van der Waals surface area contributed by atoms with Gasteiger partial charge in [0.25, 0.3) is 0 Å². The molecule has 0 aromatic heterocycles. The topological polar surface area (TPSA) is 74.6 Å². The fraction of sp³-hybridized carbons (Fsp3) is 0. The minimum atomic E-state index is -1.16. The van der Waals surface area contributed by atoms with Gasteiger partial charge in [0.1, 0.15) is 0 Å². The molecule has 0 saturated carbocycles. The number of rotatable bonds is 3. The molecule has 0 heterocycles. The van der Waals surface area contributed by atoms with E-state index in [0.717, 1.165) is 0 Å². The van der Waals surface area contributed by atoms with Crippen molar-refractivity contribution in [3.8, 4) is 11.1 Å². The lowest BCUT2D eigenvalue weighted by Gasteiger charge is -2.07. The van der Waals surface area contributed by atoms with E-state index in [9.17, 15) is 9.59 Å². The molecule has 2 aromatic carbocycles. The summed E-state index contributed by atoms with van der Waals surface area (Å²) in [6, 6.07) is 8.73. The van der Waals surface area contributed by atoms with Crippen molar-refractivity contribution in [2.75, 3.05) is 0 Å². The average molecular weight is 311 g/mol. The van der Waals surface area contributed by atoms with Crippen LogP contribution in [0.5, 0.6) is 0 Å². The van der Waals surface area contributed by atoms with E-state index in [1.807, 2.05) is 0 Å². The Morgan fingerprint density at radius 3 is 2.15 bits per heavy atom. The van der Waals surface area contributed by atoms with Crippen LogP contribution in [-0.4, -0.2) is 22.2 Å². The van der Waals surface area contributed by atoms with Crippen LogP contribution in [0.25, 0.3) is 11.1 Å². The normalized spacial score (nSPS) is 10.3. The highest BCUT2D eigenvalue weighted by molar-refractivity contribution is 6.33. The molecule has 0 atom stereocenters. The van der Waals surface area contributed by atoms with Gasteiger partial charge in [0.05, 0.1) is 16.1 Å². The lowest BCUT2D eigenvalue weighted by molar-refractivity contribution is 0.0686. The quantitative estimate of drug-likeness (QED) is 0.896. The molecule has 6 heteroatoms. The Labute approximate surface area is 124 Å². The molecule has 0 bridgehead atoms. The SMILES string of the molecule is O=C(O)c1cc(Cl)cc(-c2ccc(Cl)c(C(=O)O)c2)c1. The number of carbonyl (C=O) groups is 2. The minimum absolute atomic E-state index is 0.0272. The van der Waals surface area contributed by atoms with Gasteiger partial charge in [-0.25, -0.2) is 9.59 Å². The fourth-order valence-corrected chi connectivity index (χ4v) is 2.18. The molecular weight excluding hydrogens is 303 g/mol. The van der Waals surface area contributed by atoms with Gasteiger partial charge in [-0.2, -0.15) is 0 Å². The summed E-state index contributed by atoms with van der Waals surface area (Å²) in [5.41, 5.74) is 1.01. The van der Waals surface area contributed by atoms with Crippen LogP contribution in [0.1, 0.15) is 20.7 Å². The van der Waals surface area contributed by atoms with Crippen LogP contribution in [-0.2, 0) is 0 Å². The first kappa shape index (κ1) is 14.4. The second-order valence-corrected chi connectivity index (χ2v) is 4.88. The number of hydrogen-bond donors (Lipinski definition) is 2. The molecule has 0 amide bonds. The Morgan fingerprint density at radius 1 is 0.850 bits per heavy atom. The van der Waals surface area contributed by atoms with Gasteiger partial charge in [0.2, 0.25) is 0 Å². The summed E-state index contributed by atoms with van der Waals surface area (Å²) in [6.45, 7) is 0. The highest BCUT2D eigenvalue weighted by Crippen LogP contribution is 2.28. The van der Waals surface area contributed by atoms with Gasteiger partial charge in [-0.1, -0.05) is 29.3 Å². The first-order valence-electron chi connectivity index (χ1n) is 5.45. The third-order valence-electron chi connectivity index (χ3n) is 2.67. The van der Waals surface area contributed by atoms with Gasteiger partial charge in [0, 0.05) is 5.02 Å². The Morgan fingerprint density at radius 2 is 1.55 bits per heavy atom. The summed E-state index contributed by atoms with van der Waals surface area (Å²) in [6.07, 6.45) is 0. The van der Waals surface area contributed by atoms with Crippen LogP contribution in [0.2, 0.25) is 10.0 Å². The third kappa shape index (κ3) is 2.92. The largest absolute Gasteiger partial charge is 0.478 e. The number of aromatic carboxylic acids is 2. The summed E-state index contributed by atoms with van der Waals surface area (Å²) in [5, 5.41) is 18.4. The number of carboxylic acids is 2. The Hall–Kier alpha value is -2.04. The molecular formula is C14H8Cl2O4. The minimum Gasteiger partial charge on any atom is -0.478 e. The van der Waals surface area contributed by atoms with Gasteiger partial charge in [-0.3, -0.25) is 0 Å². The average Bonchev–Trinajstić information content (AvgIpc) is 2.38. The molecule has 4 nitrogen and oxygen atoms in total. The Bertz CT molecular complexity index is 710. The van der Waals surface area contributed by atoms with Crippen molar-refractivity contribution in [3.05, 3.63) is 57.6 Å². The summed E-state index contributed by atoms with van der Waals surface area (Å²) < 4.78 is 0. The van der Waals surface area contributed by atoms with Crippen molar-refractivity contribution in [2.45, 2.75) is 0 Å². The molecule has 0 spiro atoms. The summed E-state index contributed by atoms with van der Waals surface area (Å²) in [4.78, 5) is 22.0. The zero-order valence-corrected chi connectivity index (χ0v) is 11.4. The summed E-state index contributed by atoms with van der Waals surface area (Å²) >= 11 is 11.7. The summed E-state index contributed by atoms with van der Waals surface area (Å²) in [5.74, 6) is -2.27. The Balaban J connectivity index is 2.59. The monoisotopic (exact) mass is 310 g/mol. The molecule has 0 fully saturated rings. The predicted octanol–water partition coefficient (Wildman–Crippen LogP) is 4.06. The van der Waals surface area contributed by atoms with E-state index >= 15 is 0 Å². The molecule has 2 rings (SSSR count). The highest BCUT2D eigenvalue weighted by atomic mass is 35.5. The zero-order valence-electron chi connectivity index (χ0n) is 9.93. The number of halogens is 2. The second kappa shape index (κ2) is 5.53. The van der Waals surface area contributed by atoms with Crippen LogP contribution in [0.4, 0.5) is 0 Å². The van der Waals surface area contributed by atoms with E-state index < -0.39 is 11.9 Å².